The number of hydrogen-bond donors (Lipinski definition) is 2. The summed E-state index contributed by atoms with van der Waals surface area (Å²) in [4.78, 5) is 12.6. The number of nitrogens with one attached hydrogen (secondary N) is 1. The van der Waals surface area contributed by atoms with E-state index < -0.39 is 5.60 Å². The third-order valence-electron chi connectivity index (χ3n) is 2.83. The second-order valence-electron chi connectivity index (χ2n) is 4.50. The van der Waals surface area contributed by atoms with E-state index in [0.717, 1.165) is 17.3 Å². The fourth-order valence-corrected chi connectivity index (χ4v) is 3.48. The summed E-state index contributed by atoms with van der Waals surface area (Å²) in [5, 5.41) is 15.1. The van der Waals surface area contributed by atoms with Crippen LogP contribution in [0.15, 0.2) is 15.9 Å². The van der Waals surface area contributed by atoms with Crippen LogP contribution in [0, 0.1) is 0 Å². The lowest BCUT2D eigenvalue weighted by molar-refractivity contribution is 0.0213. The standard InChI is InChI=1S/C13H20BrNO2S/c1-3-6-13(17,7-4-2)9-15-12(16)11-10(14)5-8-18-11/h5,8,17H,3-4,6-7,9H2,1-2H3,(H,15,16). The molecule has 1 aromatic heterocycles. The molecule has 0 atom stereocenters. The Morgan fingerprint density at radius 1 is 1.44 bits per heavy atom. The molecule has 0 aliphatic heterocycles. The molecule has 2 N–H and O–H groups in total. The zero-order valence-corrected chi connectivity index (χ0v) is 13.2. The number of rotatable bonds is 7. The predicted molar refractivity (Wildman–Crippen MR) is 79.1 cm³/mol. The summed E-state index contributed by atoms with van der Waals surface area (Å²) < 4.78 is 0.805. The fraction of sp³-hybridized carbons (Fsp3) is 0.615. The van der Waals surface area contributed by atoms with E-state index >= 15 is 0 Å². The second-order valence-corrected chi connectivity index (χ2v) is 6.28. The van der Waals surface area contributed by atoms with Gasteiger partial charge in [-0.05, 0) is 40.2 Å². The first-order valence-electron chi connectivity index (χ1n) is 6.26. The molecule has 0 aliphatic rings. The minimum absolute atomic E-state index is 0.123. The third-order valence-corrected chi connectivity index (χ3v) is 4.67. The summed E-state index contributed by atoms with van der Waals surface area (Å²) in [7, 11) is 0. The van der Waals surface area contributed by atoms with Crippen LogP contribution in [0.4, 0.5) is 0 Å². The van der Waals surface area contributed by atoms with E-state index in [2.05, 4.69) is 21.2 Å². The molecule has 1 aromatic rings. The molecule has 1 amide bonds. The van der Waals surface area contributed by atoms with Gasteiger partial charge in [-0.15, -0.1) is 11.3 Å². The molecule has 102 valence electrons. The minimum Gasteiger partial charge on any atom is -0.388 e. The topological polar surface area (TPSA) is 49.3 Å². The van der Waals surface area contributed by atoms with E-state index in [1.807, 2.05) is 25.3 Å². The van der Waals surface area contributed by atoms with Gasteiger partial charge in [-0.25, -0.2) is 0 Å². The van der Waals surface area contributed by atoms with E-state index in [0.29, 0.717) is 24.3 Å². The van der Waals surface area contributed by atoms with Gasteiger partial charge < -0.3 is 10.4 Å². The van der Waals surface area contributed by atoms with E-state index in [9.17, 15) is 9.90 Å². The zero-order chi connectivity index (χ0) is 13.6. The van der Waals surface area contributed by atoms with Gasteiger partial charge in [-0.3, -0.25) is 4.79 Å². The Morgan fingerprint density at radius 3 is 2.50 bits per heavy atom. The summed E-state index contributed by atoms with van der Waals surface area (Å²) in [6.45, 7) is 4.40. The highest BCUT2D eigenvalue weighted by atomic mass is 79.9. The van der Waals surface area contributed by atoms with E-state index in [-0.39, 0.29) is 5.91 Å². The van der Waals surface area contributed by atoms with Gasteiger partial charge in [0.25, 0.3) is 5.91 Å². The molecule has 1 heterocycles. The van der Waals surface area contributed by atoms with Crippen molar-refractivity contribution >= 4 is 33.2 Å². The SMILES string of the molecule is CCCC(O)(CCC)CNC(=O)c1sccc1Br. The molecule has 5 heteroatoms. The van der Waals surface area contributed by atoms with E-state index in [4.69, 9.17) is 0 Å². The first kappa shape index (κ1) is 15.7. The number of carbonyl (C=O) groups excluding carboxylic acids is 1. The summed E-state index contributed by atoms with van der Waals surface area (Å²) in [5.74, 6) is -0.123. The summed E-state index contributed by atoms with van der Waals surface area (Å²) in [6, 6.07) is 1.85. The lowest BCUT2D eigenvalue weighted by Crippen LogP contribution is -2.42. The van der Waals surface area contributed by atoms with Crippen LogP contribution < -0.4 is 5.32 Å². The molecular weight excluding hydrogens is 314 g/mol. The van der Waals surface area contributed by atoms with Crippen LogP contribution in [0.2, 0.25) is 0 Å². The highest BCUT2D eigenvalue weighted by molar-refractivity contribution is 9.10. The van der Waals surface area contributed by atoms with Crippen molar-refractivity contribution in [3.05, 3.63) is 20.8 Å². The van der Waals surface area contributed by atoms with Crippen LogP contribution in [0.5, 0.6) is 0 Å². The van der Waals surface area contributed by atoms with Crippen LogP contribution in [-0.4, -0.2) is 23.2 Å². The van der Waals surface area contributed by atoms with Gasteiger partial charge in [0, 0.05) is 11.0 Å². The van der Waals surface area contributed by atoms with Crippen molar-refractivity contribution < 1.29 is 9.90 Å². The average molecular weight is 334 g/mol. The van der Waals surface area contributed by atoms with E-state index in [1.54, 1.807) is 0 Å². The van der Waals surface area contributed by atoms with Crippen molar-refractivity contribution in [1.82, 2.24) is 5.32 Å². The molecule has 0 fully saturated rings. The normalized spacial score (nSPS) is 11.6. The van der Waals surface area contributed by atoms with Crippen molar-refractivity contribution in [2.45, 2.75) is 45.1 Å². The quantitative estimate of drug-likeness (QED) is 0.801. The Kier molecular flexibility index (Phi) is 6.32. The molecule has 0 saturated heterocycles. The number of aliphatic hydroxyl groups is 1. The van der Waals surface area contributed by atoms with Gasteiger partial charge in [0.2, 0.25) is 0 Å². The van der Waals surface area contributed by atoms with Gasteiger partial charge in [0.15, 0.2) is 0 Å². The summed E-state index contributed by atoms with van der Waals surface area (Å²) >= 11 is 4.73. The van der Waals surface area contributed by atoms with Crippen molar-refractivity contribution in [3.8, 4) is 0 Å². The monoisotopic (exact) mass is 333 g/mol. The Hall–Kier alpha value is -0.390. The molecule has 0 aromatic carbocycles. The number of thiophene rings is 1. The molecule has 0 radical (unpaired) electrons. The third kappa shape index (κ3) is 4.37. The Balaban J connectivity index is 2.57. The fourth-order valence-electron chi connectivity index (χ4n) is 2.01. The minimum atomic E-state index is -0.775. The highest BCUT2D eigenvalue weighted by Gasteiger charge is 2.26. The van der Waals surface area contributed by atoms with Gasteiger partial charge in [0.1, 0.15) is 4.88 Å². The van der Waals surface area contributed by atoms with Crippen LogP contribution >= 0.6 is 27.3 Å². The molecule has 0 aliphatic carbocycles. The maximum Gasteiger partial charge on any atom is 0.262 e. The van der Waals surface area contributed by atoms with Gasteiger partial charge in [-0.1, -0.05) is 26.7 Å². The molecule has 18 heavy (non-hydrogen) atoms. The second kappa shape index (κ2) is 7.26. The predicted octanol–water partition coefficient (Wildman–Crippen LogP) is 3.57. The van der Waals surface area contributed by atoms with Crippen molar-refractivity contribution in [2.75, 3.05) is 6.54 Å². The summed E-state index contributed by atoms with van der Waals surface area (Å²) in [5.41, 5.74) is -0.775. The van der Waals surface area contributed by atoms with Gasteiger partial charge in [0.05, 0.1) is 5.60 Å². The maximum atomic E-state index is 11.9. The Labute approximate surface area is 121 Å². The first-order valence-corrected chi connectivity index (χ1v) is 7.93. The van der Waals surface area contributed by atoms with Gasteiger partial charge >= 0.3 is 0 Å². The first-order chi connectivity index (χ1) is 8.52. The largest absolute Gasteiger partial charge is 0.388 e. The molecule has 0 unspecified atom stereocenters. The van der Waals surface area contributed by atoms with Crippen molar-refractivity contribution in [2.24, 2.45) is 0 Å². The molecule has 0 bridgehead atoms. The van der Waals surface area contributed by atoms with Crippen LogP contribution in [0.25, 0.3) is 0 Å². The van der Waals surface area contributed by atoms with Gasteiger partial charge in [-0.2, -0.15) is 0 Å². The van der Waals surface area contributed by atoms with E-state index in [1.165, 1.54) is 11.3 Å². The zero-order valence-electron chi connectivity index (χ0n) is 10.8. The lowest BCUT2D eigenvalue weighted by atomic mass is 9.92. The smallest absolute Gasteiger partial charge is 0.262 e. The van der Waals surface area contributed by atoms with Crippen LogP contribution in [-0.2, 0) is 0 Å². The molecular formula is C13H20BrNO2S. The maximum absolute atomic E-state index is 11.9. The summed E-state index contributed by atoms with van der Waals surface area (Å²) in [6.07, 6.45) is 3.25. The average Bonchev–Trinajstić information content (AvgIpc) is 2.73. The number of halogens is 1. The van der Waals surface area contributed by atoms with Crippen LogP contribution in [0.1, 0.15) is 49.2 Å². The molecule has 0 spiro atoms. The molecule has 1 rings (SSSR count). The van der Waals surface area contributed by atoms with Crippen molar-refractivity contribution in [1.29, 1.82) is 0 Å². The van der Waals surface area contributed by atoms with Crippen LogP contribution in [0.3, 0.4) is 0 Å². The molecule has 3 nitrogen and oxygen atoms in total. The highest BCUT2D eigenvalue weighted by Crippen LogP contribution is 2.23. The van der Waals surface area contributed by atoms with Crippen molar-refractivity contribution in [3.63, 3.8) is 0 Å². The number of hydrogen-bond acceptors (Lipinski definition) is 3. The number of amides is 1. The number of carbonyl (C=O) groups is 1. The molecule has 0 saturated carbocycles. The Morgan fingerprint density at radius 2 is 2.06 bits per heavy atom. The Bertz CT molecular complexity index is 386. The lowest BCUT2D eigenvalue weighted by Gasteiger charge is -2.27.